The Balaban J connectivity index is 3.96. The maximum atomic E-state index is 12.1. The fourth-order valence-corrected chi connectivity index (χ4v) is 5.33. The number of aliphatic hydroxyl groups is 1. The van der Waals surface area contributed by atoms with Crippen LogP contribution in [-0.4, -0.2) is 128 Å². The topological polar surface area (TPSA) is 186 Å². The highest BCUT2D eigenvalue weighted by atomic mass is 16.3. The fourth-order valence-electron chi connectivity index (χ4n) is 5.33. The third-order valence-corrected chi connectivity index (χ3v) is 8.13. The van der Waals surface area contributed by atoms with Crippen LogP contribution in [0.3, 0.4) is 0 Å². The van der Waals surface area contributed by atoms with Crippen LogP contribution in [0.4, 0.5) is 0 Å². The first kappa shape index (κ1) is 45.1. The van der Waals surface area contributed by atoms with E-state index in [4.69, 9.17) is 11.5 Å². The number of carbonyl (C=O) groups is 1. The van der Waals surface area contributed by atoms with Gasteiger partial charge in [0, 0.05) is 117 Å². The van der Waals surface area contributed by atoms with E-state index in [0.29, 0.717) is 26.1 Å². The van der Waals surface area contributed by atoms with Crippen molar-refractivity contribution in [2.75, 3.05) is 105 Å². The number of amides is 1. The summed E-state index contributed by atoms with van der Waals surface area (Å²) in [4.78, 5) is 12.1. The van der Waals surface area contributed by atoms with Gasteiger partial charge < -0.3 is 59.1 Å². The average molecular weight is 659 g/mol. The van der Waals surface area contributed by atoms with Crippen molar-refractivity contribution in [3.05, 3.63) is 0 Å². The zero-order valence-corrected chi connectivity index (χ0v) is 29.9. The lowest BCUT2D eigenvalue weighted by molar-refractivity contribution is -0.121. The quantitative estimate of drug-likeness (QED) is 0.0410. The number of hydrogen-bond acceptors (Lipinski definition) is 11. The summed E-state index contributed by atoms with van der Waals surface area (Å²) in [6, 6.07) is 0.151. The van der Waals surface area contributed by atoms with E-state index < -0.39 is 0 Å². The van der Waals surface area contributed by atoms with Crippen molar-refractivity contribution in [3.63, 3.8) is 0 Å². The van der Waals surface area contributed by atoms with Gasteiger partial charge in [-0.2, -0.15) is 0 Å². The Labute approximate surface area is 283 Å². The van der Waals surface area contributed by atoms with Gasteiger partial charge in [0.05, 0.1) is 6.10 Å². The van der Waals surface area contributed by atoms with Crippen molar-refractivity contribution >= 4 is 5.91 Å². The van der Waals surface area contributed by atoms with Gasteiger partial charge >= 0.3 is 0 Å². The summed E-state index contributed by atoms with van der Waals surface area (Å²) in [6.45, 7) is 16.0. The van der Waals surface area contributed by atoms with Crippen molar-refractivity contribution in [3.8, 4) is 0 Å². The van der Waals surface area contributed by atoms with Gasteiger partial charge in [0.25, 0.3) is 0 Å². The highest BCUT2D eigenvalue weighted by molar-refractivity contribution is 5.75. The molecule has 0 radical (unpaired) electrons. The van der Waals surface area contributed by atoms with Crippen LogP contribution in [0.15, 0.2) is 0 Å². The molecule has 0 heterocycles. The number of hydrogen-bond donors (Lipinski definition) is 11. The van der Waals surface area contributed by atoms with Crippen molar-refractivity contribution in [1.29, 1.82) is 0 Å². The Morgan fingerprint density at radius 1 is 0.522 bits per heavy atom. The van der Waals surface area contributed by atoms with E-state index in [9.17, 15) is 9.90 Å². The summed E-state index contributed by atoms with van der Waals surface area (Å²) in [5, 5.41) is 37.8. The monoisotopic (exact) mass is 659 g/mol. The van der Waals surface area contributed by atoms with Crippen LogP contribution < -0.4 is 54.0 Å². The molecule has 0 saturated carbocycles. The molecular weight excluding hydrogens is 580 g/mol. The second-order valence-electron chi connectivity index (χ2n) is 12.4. The molecule has 1 amide bonds. The predicted octanol–water partition coefficient (Wildman–Crippen LogP) is 0.358. The lowest BCUT2D eigenvalue weighted by Crippen LogP contribution is -2.43. The van der Waals surface area contributed by atoms with Gasteiger partial charge in [0.2, 0.25) is 5.91 Å². The first-order chi connectivity index (χ1) is 22.7. The third kappa shape index (κ3) is 34.4. The maximum Gasteiger partial charge on any atom is 0.220 e. The molecule has 0 rings (SSSR count). The third-order valence-electron chi connectivity index (χ3n) is 8.13. The summed E-state index contributed by atoms with van der Waals surface area (Å²) < 4.78 is 0. The van der Waals surface area contributed by atoms with Crippen LogP contribution in [0.25, 0.3) is 0 Å². The molecule has 0 aliphatic rings. The minimum atomic E-state index is -0.285. The Kier molecular flexibility index (Phi) is 37.7. The van der Waals surface area contributed by atoms with Gasteiger partial charge in [-0.1, -0.05) is 71.1 Å². The van der Waals surface area contributed by atoms with Gasteiger partial charge in [-0.15, -0.1) is 0 Å². The van der Waals surface area contributed by atoms with Crippen LogP contribution in [0.5, 0.6) is 0 Å². The highest BCUT2D eigenvalue weighted by Gasteiger charge is 2.18. The molecule has 0 spiro atoms. The molecule has 0 saturated heterocycles. The van der Waals surface area contributed by atoms with E-state index in [1.165, 1.54) is 32.1 Å². The number of unbranched alkanes of at least 4 members (excludes halogenated alkanes) is 9. The number of aliphatic hydroxyl groups excluding tert-OH is 1. The summed E-state index contributed by atoms with van der Waals surface area (Å²) >= 11 is 0. The van der Waals surface area contributed by atoms with E-state index in [1.807, 2.05) is 0 Å². The number of nitrogens with one attached hydrogen (secondary N) is 8. The second-order valence-corrected chi connectivity index (χ2v) is 12.4. The van der Waals surface area contributed by atoms with Crippen molar-refractivity contribution < 1.29 is 9.90 Å². The summed E-state index contributed by atoms with van der Waals surface area (Å²) in [5.41, 5.74) is 10.9. The largest absolute Gasteiger partial charge is 0.392 e. The molecule has 0 aromatic carbocycles. The van der Waals surface area contributed by atoms with Crippen LogP contribution in [0, 0.1) is 0 Å². The number of rotatable bonds is 39. The lowest BCUT2D eigenvalue weighted by atomic mass is 9.97. The van der Waals surface area contributed by atoms with Crippen LogP contribution in [-0.2, 0) is 4.79 Å². The molecular formula is C34H78N10O2. The van der Waals surface area contributed by atoms with Gasteiger partial charge in [-0.3, -0.25) is 4.79 Å². The smallest absolute Gasteiger partial charge is 0.220 e. The first-order valence-corrected chi connectivity index (χ1v) is 19.0. The SMILES string of the molecule is CCCCCCCCC(O)C(CCCCCCCC(=O)NCCNCCNCCNCCN)NCCNCCNCCNCCN. The normalized spacial score (nSPS) is 12.9. The molecule has 0 aliphatic heterocycles. The molecule has 0 aliphatic carbocycles. The minimum Gasteiger partial charge on any atom is -0.392 e. The molecule has 0 aromatic rings. The van der Waals surface area contributed by atoms with E-state index in [1.54, 1.807) is 0 Å². The van der Waals surface area contributed by atoms with Gasteiger partial charge in [-0.05, 0) is 19.3 Å². The summed E-state index contributed by atoms with van der Waals surface area (Å²) in [5.74, 6) is 0.150. The zero-order chi connectivity index (χ0) is 33.6. The highest BCUT2D eigenvalue weighted by Crippen LogP contribution is 2.15. The van der Waals surface area contributed by atoms with E-state index in [-0.39, 0.29) is 18.1 Å². The Bertz CT molecular complexity index is 606. The number of carbonyl (C=O) groups excluding carboxylic acids is 1. The predicted molar refractivity (Wildman–Crippen MR) is 196 cm³/mol. The van der Waals surface area contributed by atoms with Crippen LogP contribution in [0.1, 0.15) is 96.8 Å². The fraction of sp³-hybridized carbons (Fsp3) is 0.971. The molecule has 12 nitrogen and oxygen atoms in total. The first-order valence-electron chi connectivity index (χ1n) is 19.0. The minimum absolute atomic E-state index is 0.150. The Hall–Kier alpha value is -0.930. The van der Waals surface area contributed by atoms with E-state index >= 15 is 0 Å². The lowest BCUT2D eigenvalue weighted by Gasteiger charge is -2.25. The summed E-state index contributed by atoms with van der Waals surface area (Å²) in [7, 11) is 0. The molecule has 12 heteroatoms. The maximum absolute atomic E-state index is 12.1. The molecule has 2 unspecified atom stereocenters. The van der Waals surface area contributed by atoms with Gasteiger partial charge in [-0.25, -0.2) is 0 Å². The molecule has 0 aromatic heterocycles. The number of nitrogens with two attached hydrogens (primary N) is 2. The Morgan fingerprint density at radius 3 is 1.46 bits per heavy atom. The van der Waals surface area contributed by atoms with Crippen molar-refractivity contribution in [2.24, 2.45) is 11.5 Å². The molecule has 0 bridgehead atoms. The summed E-state index contributed by atoms with van der Waals surface area (Å²) in [6.07, 6.45) is 15.1. The zero-order valence-electron chi connectivity index (χ0n) is 29.9. The molecule has 46 heavy (non-hydrogen) atoms. The van der Waals surface area contributed by atoms with E-state index in [0.717, 1.165) is 136 Å². The average Bonchev–Trinajstić information content (AvgIpc) is 3.06. The Morgan fingerprint density at radius 2 is 0.935 bits per heavy atom. The molecule has 0 fully saturated rings. The molecule has 276 valence electrons. The van der Waals surface area contributed by atoms with Crippen LogP contribution >= 0.6 is 0 Å². The van der Waals surface area contributed by atoms with Gasteiger partial charge in [0.1, 0.15) is 0 Å². The van der Waals surface area contributed by atoms with E-state index in [2.05, 4.69) is 49.5 Å². The standard InChI is InChI=1S/C34H78N10O2/c1-2-3-4-5-8-11-14-33(45)32(43-30-28-41-26-24-39-22-20-37-18-16-35)13-10-7-6-9-12-15-34(46)44-31-29-42-27-25-40-23-21-38-19-17-36/h32-33,37-43,45H,2-31,35-36H2,1H3,(H,44,46). The van der Waals surface area contributed by atoms with Crippen molar-refractivity contribution in [1.82, 2.24) is 42.5 Å². The van der Waals surface area contributed by atoms with Crippen LogP contribution in [0.2, 0.25) is 0 Å². The molecule has 2 atom stereocenters. The van der Waals surface area contributed by atoms with Gasteiger partial charge in [0.15, 0.2) is 0 Å². The van der Waals surface area contributed by atoms with Crippen molar-refractivity contribution in [2.45, 2.75) is 109 Å². The molecule has 13 N–H and O–H groups in total. The second kappa shape index (κ2) is 38.5.